The fourth-order valence-electron chi connectivity index (χ4n) is 1.70. The van der Waals surface area contributed by atoms with Gasteiger partial charge in [-0.1, -0.05) is 24.3 Å². The Bertz CT molecular complexity index is 614. The van der Waals surface area contributed by atoms with Crippen LogP contribution in [0.2, 0.25) is 0 Å². The molecule has 0 aromatic heterocycles. The summed E-state index contributed by atoms with van der Waals surface area (Å²) in [6.07, 6.45) is 0. The summed E-state index contributed by atoms with van der Waals surface area (Å²) in [6, 6.07) is 11.0. The van der Waals surface area contributed by atoms with Gasteiger partial charge in [-0.15, -0.1) is 0 Å². The van der Waals surface area contributed by atoms with Crippen molar-refractivity contribution in [2.24, 2.45) is 5.73 Å². The second-order valence-corrected chi connectivity index (χ2v) is 3.89. The lowest BCUT2D eigenvalue weighted by Gasteiger charge is -2.13. The van der Waals surface area contributed by atoms with Crippen molar-refractivity contribution in [2.45, 2.75) is 6.61 Å². The van der Waals surface area contributed by atoms with Gasteiger partial charge < -0.3 is 15.6 Å². The van der Waals surface area contributed by atoms with Crippen molar-refractivity contribution in [3.05, 3.63) is 59.4 Å². The normalized spacial score (nSPS) is 10.2. The van der Waals surface area contributed by atoms with Crippen LogP contribution in [0.15, 0.2) is 42.5 Å². The molecule has 2 aromatic rings. The number of nitrogens with two attached hydrogens (primary N) is 1. The summed E-state index contributed by atoms with van der Waals surface area (Å²) in [4.78, 5) is 0. The van der Waals surface area contributed by atoms with Crippen LogP contribution >= 0.6 is 0 Å². The molecule has 0 aliphatic rings. The molecule has 0 heterocycles. The summed E-state index contributed by atoms with van der Waals surface area (Å²) >= 11 is 0. The van der Waals surface area contributed by atoms with E-state index in [1.165, 1.54) is 18.2 Å². The molecule has 4 N–H and O–H groups in total. The van der Waals surface area contributed by atoms with Crippen molar-refractivity contribution in [1.82, 2.24) is 0 Å². The van der Waals surface area contributed by atoms with Crippen molar-refractivity contribution in [2.75, 3.05) is 0 Å². The van der Waals surface area contributed by atoms with Crippen LogP contribution in [0.3, 0.4) is 0 Å². The molecule has 19 heavy (non-hydrogen) atoms. The predicted octanol–water partition coefficient (Wildman–Crippen LogP) is 2.39. The highest BCUT2D eigenvalue weighted by molar-refractivity contribution is 5.98. The zero-order valence-electron chi connectivity index (χ0n) is 10.1. The highest BCUT2D eigenvalue weighted by Gasteiger charge is 2.14. The standard InChI is InChI=1S/C14H13FN2O2/c15-10-5-3-7-12(13(10)14(16)17)19-11-6-2-1-4-9(11)8-18/h1-7,18H,8H2,(H3,16,17). The minimum atomic E-state index is -0.619. The first-order chi connectivity index (χ1) is 9.13. The van der Waals surface area contributed by atoms with E-state index in [2.05, 4.69) is 0 Å². The smallest absolute Gasteiger partial charge is 0.141 e. The molecule has 5 heteroatoms. The van der Waals surface area contributed by atoms with Gasteiger partial charge >= 0.3 is 0 Å². The molecule has 0 saturated carbocycles. The number of ether oxygens (including phenoxy) is 1. The van der Waals surface area contributed by atoms with Gasteiger partial charge in [-0.05, 0) is 18.2 Å². The Balaban J connectivity index is 2.44. The van der Waals surface area contributed by atoms with E-state index in [1.807, 2.05) is 0 Å². The topological polar surface area (TPSA) is 79.3 Å². The maximum absolute atomic E-state index is 13.6. The molecule has 2 aromatic carbocycles. The summed E-state index contributed by atoms with van der Waals surface area (Å²) in [7, 11) is 0. The Kier molecular flexibility index (Phi) is 3.77. The van der Waals surface area contributed by atoms with E-state index in [4.69, 9.17) is 15.9 Å². The number of aliphatic hydroxyl groups is 1. The molecular weight excluding hydrogens is 247 g/mol. The van der Waals surface area contributed by atoms with Crippen LogP contribution in [0, 0.1) is 11.2 Å². The molecule has 0 unspecified atom stereocenters. The van der Waals surface area contributed by atoms with Gasteiger partial charge in [0.1, 0.15) is 23.2 Å². The van der Waals surface area contributed by atoms with E-state index in [1.54, 1.807) is 24.3 Å². The second-order valence-electron chi connectivity index (χ2n) is 3.89. The number of nitrogens with one attached hydrogen (secondary N) is 1. The van der Waals surface area contributed by atoms with Gasteiger partial charge in [-0.3, -0.25) is 5.41 Å². The van der Waals surface area contributed by atoms with Gasteiger partial charge in [0, 0.05) is 5.56 Å². The molecule has 0 fully saturated rings. The van der Waals surface area contributed by atoms with Crippen molar-refractivity contribution in [1.29, 1.82) is 5.41 Å². The van der Waals surface area contributed by atoms with E-state index in [-0.39, 0.29) is 17.9 Å². The molecule has 0 aliphatic heterocycles. The third kappa shape index (κ3) is 2.71. The zero-order chi connectivity index (χ0) is 13.8. The summed E-state index contributed by atoms with van der Waals surface area (Å²) in [6.45, 7) is -0.194. The molecular formula is C14H13FN2O2. The molecule has 98 valence electrons. The van der Waals surface area contributed by atoms with Crippen LogP contribution in [0.5, 0.6) is 11.5 Å². The molecule has 0 aliphatic carbocycles. The Labute approximate surface area is 109 Å². The number of benzene rings is 2. The monoisotopic (exact) mass is 260 g/mol. The molecule has 0 spiro atoms. The zero-order valence-corrected chi connectivity index (χ0v) is 10.1. The Morgan fingerprint density at radius 3 is 2.53 bits per heavy atom. The number of rotatable bonds is 4. The largest absolute Gasteiger partial charge is 0.456 e. The number of hydrogen-bond acceptors (Lipinski definition) is 3. The molecule has 2 rings (SSSR count). The Morgan fingerprint density at radius 1 is 1.16 bits per heavy atom. The predicted molar refractivity (Wildman–Crippen MR) is 69.9 cm³/mol. The van der Waals surface area contributed by atoms with Crippen molar-refractivity contribution < 1.29 is 14.2 Å². The number of aliphatic hydroxyl groups excluding tert-OH is 1. The molecule has 0 radical (unpaired) electrons. The maximum atomic E-state index is 13.6. The van der Waals surface area contributed by atoms with Gasteiger partial charge in [0.15, 0.2) is 0 Å². The first kappa shape index (κ1) is 13.0. The van der Waals surface area contributed by atoms with Gasteiger partial charge in [-0.2, -0.15) is 0 Å². The average Bonchev–Trinajstić information content (AvgIpc) is 2.39. The fraction of sp³-hybridized carbons (Fsp3) is 0.0714. The van der Waals surface area contributed by atoms with Gasteiger partial charge in [0.25, 0.3) is 0 Å². The van der Waals surface area contributed by atoms with E-state index in [9.17, 15) is 9.50 Å². The summed E-state index contributed by atoms with van der Waals surface area (Å²) in [5.74, 6) is -0.479. The van der Waals surface area contributed by atoms with Crippen LogP contribution < -0.4 is 10.5 Å². The van der Waals surface area contributed by atoms with Crippen molar-refractivity contribution in [3.8, 4) is 11.5 Å². The highest BCUT2D eigenvalue weighted by Crippen LogP contribution is 2.29. The third-order valence-corrected chi connectivity index (χ3v) is 2.61. The van der Waals surface area contributed by atoms with Gasteiger partial charge in [0.2, 0.25) is 0 Å². The second kappa shape index (κ2) is 5.49. The molecule has 0 saturated heterocycles. The maximum Gasteiger partial charge on any atom is 0.141 e. The number of nitrogen functional groups attached to an aromatic ring is 1. The quantitative estimate of drug-likeness (QED) is 0.583. The minimum absolute atomic E-state index is 0.0877. The van der Waals surface area contributed by atoms with E-state index in [0.29, 0.717) is 11.3 Å². The number of amidine groups is 1. The van der Waals surface area contributed by atoms with E-state index in [0.717, 1.165) is 0 Å². The Hall–Kier alpha value is -2.40. The fourth-order valence-corrected chi connectivity index (χ4v) is 1.70. The number of hydrogen-bond donors (Lipinski definition) is 3. The number of para-hydroxylation sites is 1. The third-order valence-electron chi connectivity index (χ3n) is 2.61. The van der Waals surface area contributed by atoms with Crippen LogP contribution in [-0.2, 0) is 6.61 Å². The molecule has 0 atom stereocenters. The summed E-state index contributed by atoms with van der Waals surface area (Å²) in [5, 5.41) is 16.6. The highest BCUT2D eigenvalue weighted by atomic mass is 19.1. The van der Waals surface area contributed by atoms with Crippen molar-refractivity contribution in [3.63, 3.8) is 0 Å². The summed E-state index contributed by atoms with van der Waals surface area (Å²) < 4.78 is 19.2. The first-order valence-electron chi connectivity index (χ1n) is 5.63. The van der Waals surface area contributed by atoms with Crippen molar-refractivity contribution >= 4 is 5.84 Å². The first-order valence-corrected chi connectivity index (χ1v) is 5.63. The van der Waals surface area contributed by atoms with E-state index >= 15 is 0 Å². The molecule has 0 bridgehead atoms. The summed E-state index contributed by atoms with van der Waals surface area (Å²) in [5.41, 5.74) is 5.84. The lowest BCUT2D eigenvalue weighted by atomic mass is 10.1. The lowest BCUT2D eigenvalue weighted by Crippen LogP contribution is -2.14. The van der Waals surface area contributed by atoms with Crippen LogP contribution in [-0.4, -0.2) is 10.9 Å². The van der Waals surface area contributed by atoms with Gasteiger partial charge in [0.05, 0.1) is 12.2 Å². The van der Waals surface area contributed by atoms with Crippen LogP contribution in [0.25, 0.3) is 0 Å². The van der Waals surface area contributed by atoms with Crippen LogP contribution in [0.1, 0.15) is 11.1 Å². The number of halogens is 1. The molecule has 4 nitrogen and oxygen atoms in total. The Morgan fingerprint density at radius 2 is 1.84 bits per heavy atom. The van der Waals surface area contributed by atoms with E-state index < -0.39 is 11.7 Å². The average molecular weight is 260 g/mol. The molecule has 0 amide bonds. The SMILES string of the molecule is N=C(N)c1c(F)cccc1Oc1ccccc1CO. The van der Waals surface area contributed by atoms with Crippen LogP contribution in [0.4, 0.5) is 4.39 Å². The lowest BCUT2D eigenvalue weighted by molar-refractivity contribution is 0.276. The minimum Gasteiger partial charge on any atom is -0.456 e. The van der Waals surface area contributed by atoms with Gasteiger partial charge in [-0.25, -0.2) is 4.39 Å².